The Hall–Kier alpha value is -4.19. The van der Waals surface area contributed by atoms with Crippen molar-refractivity contribution in [2.75, 3.05) is 13.2 Å². The lowest BCUT2D eigenvalue weighted by Gasteiger charge is -2.32. The summed E-state index contributed by atoms with van der Waals surface area (Å²) < 4.78 is 6.49. The smallest absolute Gasteiger partial charge is 0.253 e. The summed E-state index contributed by atoms with van der Waals surface area (Å²) in [5.41, 5.74) is 11.0. The van der Waals surface area contributed by atoms with Gasteiger partial charge in [0.2, 0.25) is 0 Å². The van der Waals surface area contributed by atoms with Crippen molar-refractivity contribution in [2.45, 2.75) is 25.9 Å². The molecule has 0 radical (unpaired) electrons. The minimum Gasteiger partial charge on any atom is -0.489 e. The Balaban J connectivity index is 0.00000370. The second-order valence-electron chi connectivity index (χ2n) is 9.55. The molecule has 2 N–H and O–H groups in total. The summed E-state index contributed by atoms with van der Waals surface area (Å²) in [5.74, 6) is -0.0996. The highest BCUT2D eigenvalue weighted by Crippen LogP contribution is 2.36. The molecule has 0 saturated heterocycles. The molecule has 204 valence electrons. The number of halogens is 1. The highest BCUT2D eigenvalue weighted by Gasteiger charge is 2.23. The van der Waals surface area contributed by atoms with Crippen LogP contribution in [0.2, 0.25) is 0 Å². The van der Waals surface area contributed by atoms with Crippen LogP contribution >= 0.6 is 12.4 Å². The SMILES string of the molecule is CC[C@@H](c1ccccc1)N(CCOc1c(-c2ccccc2)nc2ccccc2c1C(N)=O)Cc1ccccc1.Cl. The molecule has 0 bridgehead atoms. The zero-order valence-electron chi connectivity index (χ0n) is 22.6. The molecule has 6 heteroatoms. The van der Waals surface area contributed by atoms with E-state index in [1.54, 1.807) is 0 Å². The number of primary amides is 1. The Morgan fingerprint density at radius 2 is 1.45 bits per heavy atom. The third-order valence-corrected chi connectivity index (χ3v) is 7.01. The fraction of sp³-hybridized carbons (Fsp3) is 0.176. The lowest BCUT2D eigenvalue weighted by molar-refractivity contribution is 0.0995. The number of aromatic nitrogens is 1. The van der Waals surface area contributed by atoms with E-state index in [1.807, 2.05) is 66.7 Å². The van der Waals surface area contributed by atoms with Crippen LogP contribution in [0.4, 0.5) is 0 Å². The molecule has 5 aromatic rings. The van der Waals surface area contributed by atoms with Gasteiger partial charge in [-0.1, -0.05) is 116 Å². The van der Waals surface area contributed by atoms with Crippen LogP contribution in [0.1, 0.15) is 40.9 Å². The number of ether oxygens (including phenoxy) is 1. The molecule has 5 nitrogen and oxygen atoms in total. The monoisotopic (exact) mass is 551 g/mol. The molecule has 4 aromatic carbocycles. The van der Waals surface area contributed by atoms with E-state index in [0.29, 0.717) is 41.1 Å². The third-order valence-electron chi connectivity index (χ3n) is 7.01. The van der Waals surface area contributed by atoms with Crippen LogP contribution in [-0.4, -0.2) is 28.9 Å². The van der Waals surface area contributed by atoms with Crippen LogP contribution < -0.4 is 10.5 Å². The maximum Gasteiger partial charge on any atom is 0.253 e. The van der Waals surface area contributed by atoms with E-state index in [9.17, 15) is 4.79 Å². The van der Waals surface area contributed by atoms with Crippen molar-refractivity contribution in [3.05, 3.63) is 132 Å². The van der Waals surface area contributed by atoms with Crippen LogP contribution in [0.5, 0.6) is 5.75 Å². The molecule has 40 heavy (non-hydrogen) atoms. The molecule has 1 amide bonds. The molecule has 1 heterocycles. The standard InChI is InChI=1S/C34H33N3O2.ClH/c1-2-30(26-16-8-4-9-17-26)37(24-25-14-6-3-7-15-25)22-23-39-33-31(34(35)38)28-20-12-13-21-29(28)36-32(33)27-18-10-5-11-19-27;/h3-21,30H,2,22-24H2,1H3,(H2,35,38);1H/t30-;/m0./s1. The summed E-state index contributed by atoms with van der Waals surface area (Å²) in [6.07, 6.45) is 0.955. The molecule has 1 aromatic heterocycles. The van der Waals surface area contributed by atoms with Gasteiger partial charge in [-0.2, -0.15) is 0 Å². The van der Waals surface area contributed by atoms with Gasteiger partial charge in [-0.25, -0.2) is 4.98 Å². The molecular formula is C34H34ClN3O2. The van der Waals surface area contributed by atoms with Gasteiger partial charge in [0.05, 0.1) is 11.1 Å². The Morgan fingerprint density at radius 1 is 0.850 bits per heavy atom. The molecule has 0 saturated carbocycles. The summed E-state index contributed by atoms with van der Waals surface area (Å²) in [6.45, 7) is 4.02. The first kappa shape index (κ1) is 28.8. The van der Waals surface area contributed by atoms with E-state index in [1.165, 1.54) is 11.1 Å². The highest BCUT2D eigenvalue weighted by atomic mass is 35.5. The fourth-order valence-electron chi connectivity index (χ4n) is 5.18. The molecule has 0 unspecified atom stereocenters. The molecule has 0 aliphatic heterocycles. The lowest BCUT2D eigenvalue weighted by Crippen LogP contribution is -2.32. The summed E-state index contributed by atoms with van der Waals surface area (Å²) in [6, 6.07) is 38.6. The van der Waals surface area contributed by atoms with Crippen molar-refractivity contribution in [1.82, 2.24) is 9.88 Å². The summed E-state index contributed by atoms with van der Waals surface area (Å²) in [4.78, 5) is 20.1. The Kier molecular flexibility index (Phi) is 9.90. The van der Waals surface area contributed by atoms with Crippen molar-refractivity contribution in [3.8, 4) is 17.0 Å². The summed E-state index contributed by atoms with van der Waals surface area (Å²) >= 11 is 0. The third kappa shape index (κ3) is 6.50. The predicted molar refractivity (Wildman–Crippen MR) is 165 cm³/mol. The molecule has 1 atom stereocenters. The average Bonchev–Trinajstić information content (AvgIpc) is 2.98. The van der Waals surface area contributed by atoms with Gasteiger partial charge < -0.3 is 10.5 Å². The number of fused-ring (bicyclic) bond motifs is 1. The Labute approximate surface area is 242 Å². The van der Waals surface area contributed by atoms with Gasteiger partial charge in [0, 0.05) is 30.1 Å². The maximum absolute atomic E-state index is 12.8. The number of benzene rings is 4. The molecule has 0 aliphatic carbocycles. The number of rotatable bonds is 11. The second-order valence-corrected chi connectivity index (χ2v) is 9.55. The lowest BCUT2D eigenvalue weighted by atomic mass is 10.0. The normalized spacial score (nSPS) is 11.7. The highest BCUT2D eigenvalue weighted by molar-refractivity contribution is 6.09. The number of nitrogens with two attached hydrogens (primary N) is 1. The van der Waals surface area contributed by atoms with Crippen molar-refractivity contribution in [1.29, 1.82) is 0 Å². The average molecular weight is 552 g/mol. The summed E-state index contributed by atoms with van der Waals surface area (Å²) in [5, 5.41) is 0.691. The van der Waals surface area contributed by atoms with Gasteiger partial charge >= 0.3 is 0 Å². The first-order valence-electron chi connectivity index (χ1n) is 13.4. The van der Waals surface area contributed by atoms with Crippen molar-refractivity contribution >= 4 is 29.2 Å². The molecule has 0 spiro atoms. The van der Waals surface area contributed by atoms with Crippen molar-refractivity contribution in [3.63, 3.8) is 0 Å². The number of hydrogen-bond acceptors (Lipinski definition) is 4. The predicted octanol–water partition coefficient (Wildman–Crippen LogP) is 7.45. The topological polar surface area (TPSA) is 68.4 Å². The largest absolute Gasteiger partial charge is 0.489 e. The van der Waals surface area contributed by atoms with E-state index in [0.717, 1.165) is 18.5 Å². The Bertz CT molecular complexity index is 1530. The van der Waals surface area contributed by atoms with Gasteiger partial charge in [-0.05, 0) is 23.6 Å². The first-order chi connectivity index (χ1) is 19.2. The quantitative estimate of drug-likeness (QED) is 0.185. The number of amides is 1. The zero-order chi connectivity index (χ0) is 27.0. The summed E-state index contributed by atoms with van der Waals surface area (Å²) in [7, 11) is 0. The van der Waals surface area contributed by atoms with Gasteiger partial charge in [0.1, 0.15) is 12.3 Å². The fourth-order valence-corrected chi connectivity index (χ4v) is 5.18. The Morgan fingerprint density at radius 3 is 2.10 bits per heavy atom. The van der Waals surface area contributed by atoms with Gasteiger partial charge in [0.15, 0.2) is 5.75 Å². The van der Waals surface area contributed by atoms with E-state index in [-0.39, 0.29) is 18.4 Å². The number of pyridine rings is 1. The van der Waals surface area contributed by atoms with Crippen LogP contribution in [0.3, 0.4) is 0 Å². The number of hydrogen-bond donors (Lipinski definition) is 1. The van der Waals surface area contributed by atoms with Crippen molar-refractivity contribution < 1.29 is 9.53 Å². The number of carbonyl (C=O) groups is 1. The van der Waals surface area contributed by atoms with Gasteiger partial charge in [-0.15, -0.1) is 12.4 Å². The number of para-hydroxylation sites is 1. The zero-order valence-corrected chi connectivity index (χ0v) is 23.4. The van der Waals surface area contributed by atoms with Crippen LogP contribution in [0.15, 0.2) is 115 Å². The van der Waals surface area contributed by atoms with E-state index < -0.39 is 5.91 Å². The first-order valence-corrected chi connectivity index (χ1v) is 13.4. The van der Waals surface area contributed by atoms with Crippen molar-refractivity contribution in [2.24, 2.45) is 5.73 Å². The second kappa shape index (κ2) is 13.7. The van der Waals surface area contributed by atoms with Crippen LogP contribution in [0.25, 0.3) is 22.2 Å². The minimum absolute atomic E-state index is 0. The van der Waals surface area contributed by atoms with Gasteiger partial charge in [-0.3, -0.25) is 9.69 Å². The molecule has 5 rings (SSSR count). The van der Waals surface area contributed by atoms with E-state index in [2.05, 4.69) is 60.4 Å². The molecule has 0 aliphatic rings. The maximum atomic E-state index is 12.8. The number of carbonyl (C=O) groups excluding carboxylic acids is 1. The van der Waals surface area contributed by atoms with Crippen LogP contribution in [0, 0.1) is 0 Å². The van der Waals surface area contributed by atoms with Gasteiger partial charge in [0.25, 0.3) is 5.91 Å². The van der Waals surface area contributed by atoms with Crippen LogP contribution in [-0.2, 0) is 6.54 Å². The van der Waals surface area contributed by atoms with E-state index >= 15 is 0 Å². The number of nitrogens with zero attached hydrogens (tertiary/aromatic N) is 2. The molecular weight excluding hydrogens is 518 g/mol. The molecule has 0 fully saturated rings. The minimum atomic E-state index is -0.530. The van der Waals surface area contributed by atoms with E-state index in [4.69, 9.17) is 15.5 Å².